The number of nitrogens with one attached hydrogen (secondary N) is 3. The van der Waals surface area contributed by atoms with Crippen LogP contribution in [0, 0.1) is 0 Å². The monoisotopic (exact) mass is 374 g/mol. The van der Waals surface area contributed by atoms with Crippen molar-refractivity contribution in [3.05, 3.63) is 0 Å². The van der Waals surface area contributed by atoms with Crippen molar-refractivity contribution in [3.8, 4) is 0 Å². The number of hydrogen-bond donors (Lipinski definition) is 3. The normalized spacial score (nSPS) is 17.7. The van der Waals surface area contributed by atoms with E-state index in [0.717, 1.165) is 45.1 Å². The van der Waals surface area contributed by atoms with Gasteiger partial charge in [-0.05, 0) is 46.8 Å². The Labute approximate surface area is 156 Å². The molecule has 0 radical (unpaired) electrons. The van der Waals surface area contributed by atoms with E-state index in [2.05, 4.69) is 22.2 Å². The highest BCUT2D eigenvalue weighted by Gasteiger charge is 2.31. The molecular formula is C17H34N4O3S. The summed E-state index contributed by atoms with van der Waals surface area (Å²) in [5, 5.41) is 9.23. The van der Waals surface area contributed by atoms with E-state index in [4.69, 9.17) is 14.5 Å². The molecule has 1 saturated heterocycles. The third-order valence-corrected chi connectivity index (χ3v) is 5.20. The maximum Gasteiger partial charge on any atom is 0.407 e. The molecule has 1 heterocycles. The van der Waals surface area contributed by atoms with E-state index >= 15 is 0 Å². The molecule has 0 atom stereocenters. The van der Waals surface area contributed by atoms with Gasteiger partial charge in [0.1, 0.15) is 5.60 Å². The molecule has 0 spiro atoms. The molecule has 3 N–H and O–H groups in total. The van der Waals surface area contributed by atoms with Gasteiger partial charge in [-0.25, -0.2) is 4.79 Å². The Kier molecular flexibility index (Phi) is 9.42. The molecule has 1 amide bonds. The second-order valence-electron chi connectivity index (χ2n) is 7.05. The van der Waals surface area contributed by atoms with Crippen molar-refractivity contribution in [1.82, 2.24) is 16.0 Å². The number of hydrogen-bond acceptors (Lipinski definition) is 5. The lowest BCUT2D eigenvalue weighted by molar-refractivity contribution is 0.0529. The Balaban J connectivity index is 2.41. The van der Waals surface area contributed by atoms with E-state index in [0.29, 0.717) is 13.1 Å². The highest BCUT2D eigenvalue weighted by Crippen LogP contribution is 2.33. The largest absolute Gasteiger partial charge is 0.444 e. The van der Waals surface area contributed by atoms with Gasteiger partial charge in [0.05, 0.1) is 6.54 Å². The van der Waals surface area contributed by atoms with Gasteiger partial charge in [0, 0.05) is 37.6 Å². The first-order chi connectivity index (χ1) is 11.8. The zero-order chi connectivity index (χ0) is 18.8. The van der Waals surface area contributed by atoms with E-state index in [1.54, 1.807) is 0 Å². The lowest BCUT2D eigenvalue weighted by atomic mass is 9.99. The molecule has 25 heavy (non-hydrogen) atoms. The topological polar surface area (TPSA) is 84.0 Å². The van der Waals surface area contributed by atoms with Gasteiger partial charge < -0.3 is 25.4 Å². The maximum absolute atomic E-state index is 11.6. The summed E-state index contributed by atoms with van der Waals surface area (Å²) in [6.07, 6.45) is 3.79. The van der Waals surface area contributed by atoms with Crippen LogP contribution in [0.3, 0.4) is 0 Å². The molecule has 1 aliphatic rings. The van der Waals surface area contributed by atoms with E-state index < -0.39 is 11.7 Å². The second-order valence-corrected chi connectivity index (χ2v) is 8.32. The number of amides is 1. The number of alkyl carbamates (subject to hydrolysis) is 1. The van der Waals surface area contributed by atoms with Crippen molar-refractivity contribution in [2.75, 3.05) is 45.6 Å². The minimum absolute atomic E-state index is 0.162. The molecule has 0 bridgehead atoms. The molecule has 0 saturated carbocycles. The van der Waals surface area contributed by atoms with Crippen LogP contribution in [0.2, 0.25) is 0 Å². The Morgan fingerprint density at radius 2 is 1.84 bits per heavy atom. The summed E-state index contributed by atoms with van der Waals surface area (Å²) in [4.78, 5) is 16.4. The van der Waals surface area contributed by atoms with Crippen LogP contribution in [0.4, 0.5) is 4.79 Å². The highest BCUT2D eigenvalue weighted by atomic mass is 32.2. The first kappa shape index (κ1) is 21.9. The molecular weight excluding hydrogens is 340 g/mol. The lowest BCUT2D eigenvalue weighted by Gasteiger charge is -2.34. The zero-order valence-electron chi connectivity index (χ0n) is 16.2. The summed E-state index contributed by atoms with van der Waals surface area (Å²) in [6.45, 7) is 11.8. The van der Waals surface area contributed by atoms with Gasteiger partial charge >= 0.3 is 6.09 Å². The highest BCUT2D eigenvalue weighted by molar-refractivity contribution is 8.00. The number of nitrogens with zero attached hydrogens (tertiary/aromatic N) is 1. The Morgan fingerprint density at radius 1 is 1.20 bits per heavy atom. The van der Waals surface area contributed by atoms with Crippen LogP contribution in [0.25, 0.3) is 0 Å². The van der Waals surface area contributed by atoms with Crippen LogP contribution in [0.5, 0.6) is 0 Å². The van der Waals surface area contributed by atoms with Crippen LogP contribution in [0.1, 0.15) is 40.5 Å². The SMILES string of the molecule is CCNC(=NCC1(SC)CCOCC1)NCCNC(=O)OC(C)(C)C. The summed E-state index contributed by atoms with van der Waals surface area (Å²) < 4.78 is 10.8. The molecule has 0 aromatic heterocycles. The number of ether oxygens (including phenoxy) is 2. The average molecular weight is 375 g/mol. The summed E-state index contributed by atoms with van der Waals surface area (Å²) in [7, 11) is 0. The number of carbonyl (C=O) groups excluding carboxylic acids is 1. The predicted octanol–water partition coefficient (Wildman–Crippen LogP) is 1.98. The Hall–Kier alpha value is -1.15. The van der Waals surface area contributed by atoms with Gasteiger partial charge in [0.2, 0.25) is 0 Å². The van der Waals surface area contributed by atoms with E-state index in [-0.39, 0.29) is 4.75 Å². The summed E-state index contributed by atoms with van der Waals surface area (Å²) in [5.41, 5.74) is -0.482. The number of guanidine groups is 1. The van der Waals surface area contributed by atoms with Crippen LogP contribution in [-0.4, -0.2) is 68.0 Å². The average Bonchev–Trinajstić information content (AvgIpc) is 2.55. The lowest BCUT2D eigenvalue weighted by Crippen LogP contribution is -2.44. The van der Waals surface area contributed by atoms with Crippen molar-refractivity contribution in [2.24, 2.45) is 4.99 Å². The molecule has 0 aliphatic carbocycles. The maximum atomic E-state index is 11.6. The Bertz CT molecular complexity index is 432. The van der Waals surface area contributed by atoms with Crippen molar-refractivity contribution >= 4 is 23.8 Å². The Morgan fingerprint density at radius 3 is 2.40 bits per heavy atom. The summed E-state index contributed by atoms with van der Waals surface area (Å²) in [5.74, 6) is 0.772. The molecule has 146 valence electrons. The van der Waals surface area contributed by atoms with Gasteiger partial charge in [-0.15, -0.1) is 0 Å². The molecule has 0 aromatic carbocycles. The van der Waals surface area contributed by atoms with Gasteiger partial charge in [0.15, 0.2) is 5.96 Å². The number of carbonyl (C=O) groups is 1. The summed E-state index contributed by atoms with van der Waals surface area (Å²) >= 11 is 1.87. The fourth-order valence-electron chi connectivity index (χ4n) is 2.39. The van der Waals surface area contributed by atoms with Crippen molar-refractivity contribution in [2.45, 2.75) is 50.9 Å². The zero-order valence-corrected chi connectivity index (χ0v) is 17.1. The molecule has 1 rings (SSSR count). The predicted molar refractivity (Wildman–Crippen MR) is 105 cm³/mol. The first-order valence-electron chi connectivity index (χ1n) is 8.92. The number of aliphatic imine (C=N–C) groups is 1. The van der Waals surface area contributed by atoms with Crippen LogP contribution in [-0.2, 0) is 9.47 Å². The minimum atomic E-state index is -0.482. The molecule has 8 heteroatoms. The van der Waals surface area contributed by atoms with Crippen molar-refractivity contribution < 1.29 is 14.3 Å². The molecule has 0 unspecified atom stereocenters. The van der Waals surface area contributed by atoms with Crippen LogP contribution in [0.15, 0.2) is 4.99 Å². The number of rotatable bonds is 7. The van der Waals surface area contributed by atoms with Gasteiger partial charge in [-0.1, -0.05) is 0 Å². The van der Waals surface area contributed by atoms with Crippen LogP contribution >= 0.6 is 11.8 Å². The first-order valence-corrected chi connectivity index (χ1v) is 10.1. The van der Waals surface area contributed by atoms with Gasteiger partial charge in [0.25, 0.3) is 0 Å². The standard InChI is InChI=1S/C17H34N4O3S/c1-6-18-14(19-9-10-20-15(22)24-16(2,3)4)21-13-17(25-5)7-11-23-12-8-17/h6-13H2,1-5H3,(H,20,22)(H2,18,19,21). The smallest absolute Gasteiger partial charge is 0.407 e. The molecule has 7 nitrogen and oxygen atoms in total. The van der Waals surface area contributed by atoms with Crippen molar-refractivity contribution in [1.29, 1.82) is 0 Å². The third kappa shape index (κ3) is 9.21. The molecule has 1 aliphatic heterocycles. The van der Waals surface area contributed by atoms with Gasteiger partial charge in [-0.2, -0.15) is 11.8 Å². The summed E-state index contributed by atoms with van der Waals surface area (Å²) in [6, 6.07) is 0. The third-order valence-electron chi connectivity index (χ3n) is 3.79. The van der Waals surface area contributed by atoms with Crippen molar-refractivity contribution in [3.63, 3.8) is 0 Å². The number of thioether (sulfide) groups is 1. The molecule has 0 aromatic rings. The minimum Gasteiger partial charge on any atom is -0.444 e. The van der Waals surface area contributed by atoms with E-state index in [1.807, 2.05) is 39.5 Å². The van der Waals surface area contributed by atoms with E-state index in [9.17, 15) is 4.79 Å². The molecule has 1 fully saturated rings. The quantitative estimate of drug-likeness (QED) is 0.359. The fraction of sp³-hybridized carbons (Fsp3) is 0.882. The fourth-order valence-corrected chi connectivity index (χ4v) is 3.16. The van der Waals surface area contributed by atoms with Crippen LogP contribution < -0.4 is 16.0 Å². The van der Waals surface area contributed by atoms with E-state index in [1.165, 1.54) is 0 Å². The van der Waals surface area contributed by atoms with Gasteiger partial charge in [-0.3, -0.25) is 4.99 Å². The second kappa shape index (κ2) is 10.8.